The maximum Gasteiger partial charge on any atom is 0.0951 e. The number of nitrogens with one attached hydrogen (secondary N) is 1. The molecule has 0 spiro atoms. The summed E-state index contributed by atoms with van der Waals surface area (Å²) in [5.74, 6) is 0. The molecule has 0 saturated heterocycles. The molecule has 3 N–H and O–H groups in total. The lowest BCUT2D eigenvalue weighted by molar-refractivity contribution is 0.674. The second kappa shape index (κ2) is 3.63. The SMILES string of the molecule is C[C@H](N)c1cncn1Cc1cn[nH]c1. The van der Waals surface area contributed by atoms with Crippen molar-refractivity contribution in [3.05, 3.63) is 36.2 Å². The van der Waals surface area contributed by atoms with Crippen LogP contribution in [-0.2, 0) is 6.54 Å². The van der Waals surface area contributed by atoms with Gasteiger partial charge >= 0.3 is 0 Å². The number of H-pyrrole nitrogens is 1. The van der Waals surface area contributed by atoms with Crippen molar-refractivity contribution in [2.24, 2.45) is 5.73 Å². The average molecular weight is 191 g/mol. The number of hydrogen-bond donors (Lipinski definition) is 2. The highest BCUT2D eigenvalue weighted by molar-refractivity contribution is 5.09. The zero-order valence-electron chi connectivity index (χ0n) is 8.01. The van der Waals surface area contributed by atoms with Crippen LogP contribution in [0.3, 0.4) is 0 Å². The lowest BCUT2D eigenvalue weighted by Crippen LogP contribution is -2.12. The van der Waals surface area contributed by atoms with E-state index >= 15 is 0 Å². The summed E-state index contributed by atoms with van der Waals surface area (Å²) in [4.78, 5) is 4.08. The van der Waals surface area contributed by atoms with Crippen molar-refractivity contribution in [2.45, 2.75) is 19.5 Å². The molecule has 2 aromatic rings. The van der Waals surface area contributed by atoms with E-state index in [9.17, 15) is 0 Å². The van der Waals surface area contributed by atoms with Crippen LogP contribution >= 0.6 is 0 Å². The Morgan fingerprint density at radius 2 is 2.43 bits per heavy atom. The molecule has 0 unspecified atom stereocenters. The van der Waals surface area contributed by atoms with Gasteiger partial charge in [-0.3, -0.25) is 5.10 Å². The Morgan fingerprint density at radius 1 is 1.57 bits per heavy atom. The van der Waals surface area contributed by atoms with Crippen molar-refractivity contribution in [2.75, 3.05) is 0 Å². The molecular weight excluding hydrogens is 178 g/mol. The highest BCUT2D eigenvalue weighted by atomic mass is 15.1. The van der Waals surface area contributed by atoms with Gasteiger partial charge < -0.3 is 10.3 Å². The summed E-state index contributed by atoms with van der Waals surface area (Å²) in [6.07, 6.45) is 7.24. The van der Waals surface area contributed by atoms with Crippen LogP contribution in [0.1, 0.15) is 24.2 Å². The van der Waals surface area contributed by atoms with Gasteiger partial charge in [0.1, 0.15) is 0 Å². The summed E-state index contributed by atoms with van der Waals surface area (Å²) in [5.41, 5.74) is 7.95. The van der Waals surface area contributed by atoms with Gasteiger partial charge in [-0.25, -0.2) is 4.98 Å². The third-order valence-corrected chi connectivity index (χ3v) is 2.12. The van der Waals surface area contributed by atoms with Gasteiger partial charge in [0, 0.05) is 24.0 Å². The van der Waals surface area contributed by atoms with Crippen LogP contribution in [0.2, 0.25) is 0 Å². The maximum absolute atomic E-state index is 5.80. The van der Waals surface area contributed by atoms with Crippen LogP contribution in [0.25, 0.3) is 0 Å². The molecule has 74 valence electrons. The fourth-order valence-electron chi connectivity index (χ4n) is 1.40. The molecule has 2 rings (SSSR count). The number of nitrogens with zero attached hydrogens (tertiary/aromatic N) is 3. The van der Waals surface area contributed by atoms with E-state index in [1.807, 2.05) is 17.7 Å². The largest absolute Gasteiger partial charge is 0.329 e. The lowest BCUT2D eigenvalue weighted by Gasteiger charge is -2.08. The monoisotopic (exact) mass is 191 g/mol. The van der Waals surface area contributed by atoms with Gasteiger partial charge in [0.25, 0.3) is 0 Å². The normalized spacial score (nSPS) is 13.0. The number of hydrogen-bond acceptors (Lipinski definition) is 3. The minimum absolute atomic E-state index is 0.00408. The summed E-state index contributed by atoms with van der Waals surface area (Å²) in [6.45, 7) is 2.70. The van der Waals surface area contributed by atoms with Crippen molar-refractivity contribution in [3.63, 3.8) is 0 Å². The molecule has 0 aliphatic rings. The quantitative estimate of drug-likeness (QED) is 0.749. The predicted octanol–water partition coefficient (Wildman–Crippen LogP) is 0.674. The third-order valence-electron chi connectivity index (χ3n) is 2.12. The molecule has 0 fully saturated rings. The Labute approximate surface area is 82.0 Å². The van der Waals surface area contributed by atoms with Gasteiger partial charge in [0.05, 0.1) is 24.8 Å². The Hall–Kier alpha value is -1.62. The molecule has 0 radical (unpaired) electrons. The zero-order chi connectivity index (χ0) is 9.97. The Bertz CT molecular complexity index is 387. The molecule has 0 bridgehead atoms. The number of aromatic amines is 1. The number of aromatic nitrogens is 4. The van der Waals surface area contributed by atoms with Gasteiger partial charge in [-0.2, -0.15) is 5.10 Å². The van der Waals surface area contributed by atoms with Crippen LogP contribution in [-0.4, -0.2) is 19.7 Å². The molecule has 2 heterocycles. The molecule has 0 aliphatic heterocycles. The summed E-state index contributed by atoms with van der Waals surface area (Å²) in [6, 6.07) is 0.00408. The van der Waals surface area contributed by atoms with E-state index in [0.29, 0.717) is 0 Å². The van der Waals surface area contributed by atoms with E-state index in [1.165, 1.54) is 0 Å². The van der Waals surface area contributed by atoms with Crippen LogP contribution in [0.5, 0.6) is 0 Å². The highest BCUT2D eigenvalue weighted by Gasteiger charge is 2.06. The molecule has 1 atom stereocenters. The maximum atomic E-state index is 5.80. The van der Waals surface area contributed by atoms with Crippen molar-refractivity contribution in [1.82, 2.24) is 19.7 Å². The van der Waals surface area contributed by atoms with Gasteiger partial charge in [-0.1, -0.05) is 0 Å². The van der Waals surface area contributed by atoms with Crippen LogP contribution in [0, 0.1) is 0 Å². The molecule has 5 heteroatoms. The van der Waals surface area contributed by atoms with Crippen LogP contribution in [0.4, 0.5) is 0 Å². The first-order chi connectivity index (χ1) is 6.77. The second-order valence-electron chi connectivity index (χ2n) is 3.34. The summed E-state index contributed by atoms with van der Waals surface area (Å²) in [5, 5.41) is 6.66. The van der Waals surface area contributed by atoms with Gasteiger partial charge in [-0.05, 0) is 6.92 Å². The number of nitrogens with two attached hydrogens (primary N) is 1. The van der Waals surface area contributed by atoms with Crippen molar-refractivity contribution >= 4 is 0 Å². The van der Waals surface area contributed by atoms with E-state index in [2.05, 4.69) is 15.2 Å². The van der Waals surface area contributed by atoms with Gasteiger partial charge in [0.2, 0.25) is 0 Å². The van der Waals surface area contributed by atoms with Gasteiger partial charge in [-0.15, -0.1) is 0 Å². The van der Waals surface area contributed by atoms with E-state index in [-0.39, 0.29) is 6.04 Å². The molecule has 0 saturated carbocycles. The highest BCUT2D eigenvalue weighted by Crippen LogP contribution is 2.10. The molecule has 0 aromatic carbocycles. The van der Waals surface area contributed by atoms with Crippen molar-refractivity contribution < 1.29 is 0 Å². The smallest absolute Gasteiger partial charge is 0.0951 e. The third kappa shape index (κ3) is 1.67. The van der Waals surface area contributed by atoms with Crippen LogP contribution in [0.15, 0.2) is 24.9 Å². The van der Waals surface area contributed by atoms with Crippen molar-refractivity contribution in [1.29, 1.82) is 0 Å². The minimum Gasteiger partial charge on any atom is -0.329 e. The fourth-order valence-corrected chi connectivity index (χ4v) is 1.40. The topological polar surface area (TPSA) is 72.5 Å². The molecule has 14 heavy (non-hydrogen) atoms. The van der Waals surface area contributed by atoms with E-state index in [1.54, 1.807) is 18.7 Å². The second-order valence-corrected chi connectivity index (χ2v) is 3.34. The summed E-state index contributed by atoms with van der Waals surface area (Å²) < 4.78 is 2.02. The first-order valence-electron chi connectivity index (χ1n) is 4.50. The van der Waals surface area contributed by atoms with E-state index < -0.39 is 0 Å². The fraction of sp³-hybridized carbons (Fsp3) is 0.333. The lowest BCUT2D eigenvalue weighted by atomic mass is 10.2. The first kappa shape index (κ1) is 8.96. The molecule has 2 aromatic heterocycles. The zero-order valence-corrected chi connectivity index (χ0v) is 8.01. The number of imidazole rings is 1. The molecule has 0 amide bonds. The Morgan fingerprint density at radius 3 is 3.07 bits per heavy atom. The van der Waals surface area contributed by atoms with Crippen LogP contribution < -0.4 is 5.73 Å². The standard InChI is InChI=1S/C9H13N5/c1-7(10)9-4-11-6-14(9)5-8-2-12-13-3-8/h2-4,6-7H,5,10H2,1H3,(H,12,13)/t7-/m0/s1. The number of rotatable bonds is 3. The Kier molecular flexibility index (Phi) is 2.32. The molecule has 5 nitrogen and oxygen atoms in total. The van der Waals surface area contributed by atoms with Crippen molar-refractivity contribution in [3.8, 4) is 0 Å². The summed E-state index contributed by atoms with van der Waals surface area (Å²) in [7, 11) is 0. The molecular formula is C9H13N5. The van der Waals surface area contributed by atoms with E-state index in [4.69, 9.17) is 5.73 Å². The Balaban J connectivity index is 2.21. The minimum atomic E-state index is 0.00408. The van der Waals surface area contributed by atoms with E-state index in [0.717, 1.165) is 17.8 Å². The molecule has 0 aliphatic carbocycles. The first-order valence-corrected chi connectivity index (χ1v) is 4.50. The summed E-state index contributed by atoms with van der Waals surface area (Å²) >= 11 is 0. The van der Waals surface area contributed by atoms with Gasteiger partial charge in [0.15, 0.2) is 0 Å². The average Bonchev–Trinajstić information content (AvgIpc) is 2.75. The predicted molar refractivity (Wildman–Crippen MR) is 52.5 cm³/mol.